The van der Waals surface area contributed by atoms with Gasteiger partial charge in [0.25, 0.3) is 0 Å². The Bertz CT molecular complexity index is 1000. The van der Waals surface area contributed by atoms with E-state index < -0.39 is 18.0 Å². The van der Waals surface area contributed by atoms with Crippen LogP contribution in [0.4, 0.5) is 0 Å². The van der Waals surface area contributed by atoms with E-state index in [4.69, 9.17) is 9.47 Å². The molecule has 2 fully saturated rings. The van der Waals surface area contributed by atoms with Crippen LogP contribution in [0.15, 0.2) is 60.7 Å². The third-order valence-electron chi connectivity index (χ3n) is 7.28. The van der Waals surface area contributed by atoms with Gasteiger partial charge in [-0.2, -0.15) is 0 Å². The van der Waals surface area contributed by atoms with Gasteiger partial charge in [-0.3, -0.25) is 9.59 Å². The van der Waals surface area contributed by atoms with Crippen LogP contribution < -0.4 is 5.32 Å². The van der Waals surface area contributed by atoms with Crippen molar-refractivity contribution < 1.29 is 23.9 Å². The number of carbonyl (C=O) groups is 3. The largest absolute Gasteiger partial charge is 0.461 e. The maximum absolute atomic E-state index is 13.3. The molecule has 1 amide bonds. The molecule has 0 aromatic heterocycles. The van der Waals surface area contributed by atoms with Crippen LogP contribution in [0.25, 0.3) is 0 Å². The number of rotatable bonds is 10. The van der Waals surface area contributed by atoms with Crippen LogP contribution in [0.1, 0.15) is 49.7 Å². The van der Waals surface area contributed by atoms with Crippen molar-refractivity contribution in [2.45, 2.75) is 63.8 Å². The summed E-state index contributed by atoms with van der Waals surface area (Å²) in [6, 6.07) is 18.5. The summed E-state index contributed by atoms with van der Waals surface area (Å²) in [6.07, 6.45) is 3.76. The number of carbonyl (C=O) groups excluding carboxylic acids is 3. The molecule has 1 aliphatic heterocycles. The van der Waals surface area contributed by atoms with Gasteiger partial charge in [0.15, 0.2) is 0 Å². The Hall–Kier alpha value is -3.19. The first-order chi connectivity index (χ1) is 17.0. The van der Waals surface area contributed by atoms with E-state index in [-0.39, 0.29) is 37.4 Å². The molecule has 0 unspecified atom stereocenters. The molecule has 1 saturated heterocycles. The predicted octanol–water partition coefficient (Wildman–Crippen LogP) is 3.61. The van der Waals surface area contributed by atoms with Gasteiger partial charge in [0.05, 0.1) is 5.41 Å². The average Bonchev–Trinajstić information content (AvgIpc) is 2.91. The number of likely N-dealkylation sites (tertiary alicyclic amines) is 1. The molecule has 186 valence electrons. The van der Waals surface area contributed by atoms with Gasteiger partial charge in [-0.25, -0.2) is 4.79 Å². The zero-order chi connectivity index (χ0) is 24.7. The van der Waals surface area contributed by atoms with Gasteiger partial charge in [0, 0.05) is 19.0 Å². The number of nitrogens with one attached hydrogen (secondary N) is 1. The second-order valence-corrected chi connectivity index (χ2v) is 9.57. The average molecular weight is 479 g/mol. The molecule has 1 heterocycles. The lowest BCUT2D eigenvalue weighted by atomic mass is 9.66. The Morgan fingerprint density at radius 2 is 1.54 bits per heavy atom. The summed E-state index contributed by atoms with van der Waals surface area (Å²) in [6.45, 7) is 0.846. The van der Waals surface area contributed by atoms with E-state index in [9.17, 15) is 14.4 Å². The molecule has 0 bridgehead atoms. The second-order valence-electron chi connectivity index (χ2n) is 9.57. The van der Waals surface area contributed by atoms with Crippen molar-refractivity contribution >= 4 is 17.8 Å². The summed E-state index contributed by atoms with van der Waals surface area (Å²) < 4.78 is 11.0. The van der Waals surface area contributed by atoms with Gasteiger partial charge in [-0.15, -0.1) is 0 Å². The van der Waals surface area contributed by atoms with E-state index >= 15 is 0 Å². The first-order valence-electron chi connectivity index (χ1n) is 12.4. The maximum Gasteiger partial charge on any atom is 0.329 e. The molecule has 1 N–H and O–H groups in total. The lowest BCUT2D eigenvalue weighted by Gasteiger charge is -2.54. The summed E-state index contributed by atoms with van der Waals surface area (Å²) in [5.41, 5.74) is 1.40. The highest BCUT2D eigenvalue weighted by atomic mass is 16.5. The van der Waals surface area contributed by atoms with Gasteiger partial charge in [0.2, 0.25) is 5.91 Å². The number of nitrogens with zero attached hydrogens (tertiary/aromatic N) is 1. The summed E-state index contributed by atoms with van der Waals surface area (Å²) >= 11 is 0. The number of benzene rings is 2. The normalized spacial score (nSPS) is 22.4. The standard InChI is InChI=1S/C28H34N2O5/c1-29-23-14-16-28(17-15-23)20-30(27(28)33)24(26(32)35-19-22-10-6-3-7-11-22)12-13-25(31)34-18-21-8-4-2-5-9-21/h2-11,23-24,29H,12-20H2,1H3/t23?,24-,28?/m0/s1. The minimum Gasteiger partial charge on any atom is -0.461 e. The molecule has 1 atom stereocenters. The quantitative estimate of drug-likeness (QED) is 0.415. The molecular formula is C28H34N2O5. The molecule has 1 spiro atoms. The van der Waals surface area contributed by atoms with Crippen molar-refractivity contribution in [1.82, 2.24) is 10.2 Å². The smallest absolute Gasteiger partial charge is 0.329 e. The monoisotopic (exact) mass is 478 g/mol. The SMILES string of the molecule is CNC1CCC2(CC1)CN([C@@H](CCC(=O)OCc1ccccc1)C(=O)OCc1ccccc1)C2=O. The second kappa shape index (κ2) is 11.5. The number of hydrogen-bond acceptors (Lipinski definition) is 6. The molecule has 7 heteroatoms. The van der Waals surface area contributed by atoms with Crippen LogP contribution in [0, 0.1) is 5.41 Å². The Morgan fingerprint density at radius 3 is 2.09 bits per heavy atom. The highest BCUT2D eigenvalue weighted by molar-refractivity contribution is 5.93. The van der Waals surface area contributed by atoms with Crippen molar-refractivity contribution in [2.75, 3.05) is 13.6 Å². The van der Waals surface area contributed by atoms with Crippen molar-refractivity contribution in [3.63, 3.8) is 0 Å². The fraction of sp³-hybridized carbons (Fsp3) is 0.464. The third-order valence-corrected chi connectivity index (χ3v) is 7.28. The van der Waals surface area contributed by atoms with Gasteiger partial charge >= 0.3 is 11.9 Å². The summed E-state index contributed by atoms with van der Waals surface area (Å²) in [5, 5.41) is 3.30. The van der Waals surface area contributed by atoms with E-state index in [1.54, 1.807) is 4.90 Å². The molecule has 0 radical (unpaired) electrons. The maximum atomic E-state index is 13.3. The lowest BCUT2D eigenvalue weighted by molar-refractivity contribution is -0.178. The Balaban J connectivity index is 1.36. The minimum atomic E-state index is -0.789. The topological polar surface area (TPSA) is 84.9 Å². The molecule has 1 aliphatic carbocycles. The van der Waals surface area contributed by atoms with Crippen molar-refractivity contribution in [3.05, 3.63) is 71.8 Å². The Labute approximate surface area is 206 Å². The first kappa shape index (κ1) is 24.9. The van der Waals surface area contributed by atoms with Crippen molar-refractivity contribution in [1.29, 1.82) is 0 Å². The van der Waals surface area contributed by atoms with Crippen molar-refractivity contribution in [3.8, 4) is 0 Å². The van der Waals surface area contributed by atoms with E-state index in [1.165, 1.54) is 0 Å². The molecular weight excluding hydrogens is 444 g/mol. The summed E-state index contributed by atoms with van der Waals surface area (Å²) in [7, 11) is 1.95. The lowest BCUT2D eigenvalue weighted by Crippen LogP contribution is -2.67. The molecule has 2 aliphatic rings. The molecule has 35 heavy (non-hydrogen) atoms. The predicted molar refractivity (Wildman–Crippen MR) is 131 cm³/mol. The van der Waals surface area contributed by atoms with E-state index in [2.05, 4.69) is 5.32 Å². The molecule has 2 aromatic carbocycles. The summed E-state index contributed by atoms with van der Waals surface area (Å²) in [5.74, 6) is -0.866. The number of β-lactam (4-membered cyclic amide) rings is 1. The van der Waals surface area contributed by atoms with Crippen LogP contribution in [0.2, 0.25) is 0 Å². The molecule has 4 rings (SSSR count). The van der Waals surface area contributed by atoms with Gasteiger partial charge < -0.3 is 19.7 Å². The Morgan fingerprint density at radius 1 is 0.971 bits per heavy atom. The third kappa shape index (κ3) is 6.09. The van der Waals surface area contributed by atoms with E-state index in [1.807, 2.05) is 67.7 Å². The van der Waals surface area contributed by atoms with Crippen molar-refractivity contribution in [2.24, 2.45) is 5.41 Å². The molecule has 1 saturated carbocycles. The van der Waals surface area contributed by atoms with Gasteiger partial charge in [0.1, 0.15) is 19.3 Å². The van der Waals surface area contributed by atoms with Crippen LogP contribution >= 0.6 is 0 Å². The highest BCUT2D eigenvalue weighted by Crippen LogP contribution is 2.46. The van der Waals surface area contributed by atoms with Crippen LogP contribution in [0.3, 0.4) is 0 Å². The zero-order valence-electron chi connectivity index (χ0n) is 20.3. The fourth-order valence-electron chi connectivity index (χ4n) is 5.05. The summed E-state index contributed by atoms with van der Waals surface area (Å²) in [4.78, 5) is 40.4. The number of amides is 1. The van der Waals surface area contributed by atoms with Gasteiger partial charge in [-0.05, 0) is 50.3 Å². The number of ether oxygens (including phenoxy) is 2. The van der Waals surface area contributed by atoms with Crippen LogP contribution in [0.5, 0.6) is 0 Å². The zero-order valence-corrected chi connectivity index (χ0v) is 20.3. The molecule has 2 aromatic rings. The van der Waals surface area contributed by atoms with Gasteiger partial charge in [-0.1, -0.05) is 60.7 Å². The first-order valence-corrected chi connectivity index (χ1v) is 12.4. The van der Waals surface area contributed by atoms with E-state index in [0.717, 1.165) is 36.8 Å². The fourth-order valence-corrected chi connectivity index (χ4v) is 5.05. The van der Waals surface area contributed by atoms with Crippen LogP contribution in [-0.4, -0.2) is 48.4 Å². The highest BCUT2D eigenvalue weighted by Gasteiger charge is 2.56. The Kier molecular flexibility index (Phi) is 8.18. The number of hydrogen-bond donors (Lipinski definition) is 1. The van der Waals surface area contributed by atoms with E-state index in [0.29, 0.717) is 12.6 Å². The molecule has 7 nitrogen and oxygen atoms in total. The van der Waals surface area contributed by atoms with Crippen LogP contribution in [-0.2, 0) is 37.1 Å². The number of esters is 2. The minimum absolute atomic E-state index is 0.00590.